The summed E-state index contributed by atoms with van der Waals surface area (Å²) >= 11 is 0. The van der Waals surface area contributed by atoms with Gasteiger partial charge in [0.1, 0.15) is 0 Å². The topological polar surface area (TPSA) is 84.2 Å². The number of carbonyl (C=O) groups is 2. The summed E-state index contributed by atoms with van der Waals surface area (Å²) in [5.74, 6) is 0.0859. The maximum atomic E-state index is 12.2. The molecule has 5 heteroatoms. The van der Waals surface area contributed by atoms with E-state index in [4.69, 9.17) is 5.73 Å². The number of rotatable bonds is 4. The molecule has 0 aliphatic carbocycles. The van der Waals surface area contributed by atoms with E-state index in [9.17, 15) is 9.59 Å². The van der Waals surface area contributed by atoms with Gasteiger partial charge >= 0.3 is 0 Å². The lowest BCUT2D eigenvalue weighted by Gasteiger charge is -2.28. The SMILES string of the molecule is Cc1cc(NC(=O)CC2CC3CCC(C2)N3)ccc1C(N)=O. The number of primary amides is 1. The van der Waals surface area contributed by atoms with Crippen LogP contribution in [-0.2, 0) is 4.79 Å². The summed E-state index contributed by atoms with van der Waals surface area (Å²) in [5.41, 5.74) is 7.29. The average Bonchev–Trinajstić information content (AvgIpc) is 2.77. The Kier molecular flexibility index (Phi) is 4.16. The van der Waals surface area contributed by atoms with E-state index in [1.165, 1.54) is 12.8 Å². The first-order valence-electron chi connectivity index (χ1n) is 7.97. The third kappa shape index (κ3) is 3.30. The van der Waals surface area contributed by atoms with Crippen LogP contribution in [0, 0.1) is 12.8 Å². The van der Waals surface area contributed by atoms with Crippen LogP contribution in [0.15, 0.2) is 18.2 Å². The van der Waals surface area contributed by atoms with Gasteiger partial charge in [-0.2, -0.15) is 0 Å². The summed E-state index contributed by atoms with van der Waals surface area (Å²) in [5, 5.41) is 6.53. The Morgan fingerprint density at radius 3 is 2.55 bits per heavy atom. The number of fused-ring (bicyclic) bond motifs is 2. The second kappa shape index (κ2) is 6.08. The highest BCUT2D eigenvalue weighted by molar-refractivity contribution is 5.96. The van der Waals surface area contributed by atoms with E-state index in [0.29, 0.717) is 30.0 Å². The number of aryl methyl sites for hydroxylation is 1. The van der Waals surface area contributed by atoms with Gasteiger partial charge in [0.05, 0.1) is 0 Å². The average molecular weight is 301 g/mol. The van der Waals surface area contributed by atoms with Crippen LogP contribution in [-0.4, -0.2) is 23.9 Å². The minimum Gasteiger partial charge on any atom is -0.366 e. The van der Waals surface area contributed by atoms with Crippen molar-refractivity contribution in [3.63, 3.8) is 0 Å². The quantitative estimate of drug-likeness (QED) is 0.794. The molecule has 1 aromatic rings. The number of carbonyl (C=O) groups excluding carboxylic acids is 2. The smallest absolute Gasteiger partial charge is 0.248 e. The molecule has 2 fully saturated rings. The fourth-order valence-electron chi connectivity index (χ4n) is 3.83. The predicted molar refractivity (Wildman–Crippen MR) is 85.6 cm³/mol. The third-order valence-electron chi connectivity index (χ3n) is 4.82. The lowest BCUT2D eigenvalue weighted by atomic mass is 9.89. The fourth-order valence-corrected chi connectivity index (χ4v) is 3.83. The molecule has 4 N–H and O–H groups in total. The van der Waals surface area contributed by atoms with E-state index >= 15 is 0 Å². The molecular weight excluding hydrogens is 278 g/mol. The van der Waals surface area contributed by atoms with Crippen LogP contribution in [0.3, 0.4) is 0 Å². The van der Waals surface area contributed by atoms with Crippen LogP contribution in [0.25, 0.3) is 0 Å². The van der Waals surface area contributed by atoms with Crippen LogP contribution >= 0.6 is 0 Å². The van der Waals surface area contributed by atoms with Crippen LogP contribution in [0.5, 0.6) is 0 Å². The Balaban J connectivity index is 1.57. The molecule has 2 amide bonds. The van der Waals surface area contributed by atoms with Gasteiger partial charge in [-0.05, 0) is 62.3 Å². The standard InChI is InChI=1S/C17H23N3O2/c1-10-6-12(4-5-15(10)17(18)22)20-16(21)9-11-7-13-2-3-14(8-11)19-13/h4-6,11,13-14,19H,2-3,7-9H2,1H3,(H2,18,22)(H,20,21). The number of hydrogen-bond donors (Lipinski definition) is 3. The highest BCUT2D eigenvalue weighted by Gasteiger charge is 2.34. The van der Waals surface area contributed by atoms with Crippen molar-refractivity contribution in [3.05, 3.63) is 29.3 Å². The normalized spacial score (nSPS) is 26.7. The van der Waals surface area contributed by atoms with Gasteiger partial charge in [0.15, 0.2) is 0 Å². The molecule has 3 rings (SSSR count). The van der Waals surface area contributed by atoms with Crippen molar-refractivity contribution in [1.82, 2.24) is 5.32 Å². The Labute approximate surface area is 130 Å². The summed E-state index contributed by atoms with van der Waals surface area (Å²) in [4.78, 5) is 23.4. The van der Waals surface area contributed by atoms with Crippen molar-refractivity contribution in [1.29, 1.82) is 0 Å². The van der Waals surface area contributed by atoms with Crippen molar-refractivity contribution >= 4 is 17.5 Å². The molecule has 118 valence electrons. The zero-order valence-corrected chi connectivity index (χ0v) is 12.9. The van der Waals surface area contributed by atoms with Crippen molar-refractivity contribution in [2.24, 2.45) is 11.7 Å². The summed E-state index contributed by atoms with van der Waals surface area (Å²) in [7, 11) is 0. The van der Waals surface area contributed by atoms with Gasteiger partial charge in [-0.15, -0.1) is 0 Å². The first-order chi connectivity index (χ1) is 10.5. The maximum Gasteiger partial charge on any atom is 0.248 e. The monoisotopic (exact) mass is 301 g/mol. The van der Waals surface area contributed by atoms with E-state index in [-0.39, 0.29) is 5.91 Å². The number of hydrogen-bond acceptors (Lipinski definition) is 3. The number of anilines is 1. The molecule has 2 heterocycles. The highest BCUT2D eigenvalue weighted by Crippen LogP contribution is 2.32. The zero-order chi connectivity index (χ0) is 15.7. The lowest BCUT2D eigenvalue weighted by Crippen LogP contribution is -2.39. The van der Waals surface area contributed by atoms with Crippen LogP contribution in [0.2, 0.25) is 0 Å². The minimum absolute atomic E-state index is 0.0533. The molecular formula is C17H23N3O2. The summed E-state index contributed by atoms with van der Waals surface area (Å²) in [6.07, 6.45) is 5.27. The van der Waals surface area contributed by atoms with Crippen molar-refractivity contribution in [2.45, 2.75) is 51.1 Å². The van der Waals surface area contributed by atoms with E-state index in [1.807, 2.05) is 6.92 Å². The van der Waals surface area contributed by atoms with E-state index in [2.05, 4.69) is 10.6 Å². The molecule has 0 saturated carbocycles. The highest BCUT2D eigenvalue weighted by atomic mass is 16.2. The van der Waals surface area contributed by atoms with Crippen molar-refractivity contribution in [3.8, 4) is 0 Å². The largest absolute Gasteiger partial charge is 0.366 e. The molecule has 0 aromatic heterocycles. The third-order valence-corrected chi connectivity index (χ3v) is 4.82. The molecule has 2 atom stereocenters. The second-order valence-corrected chi connectivity index (χ2v) is 6.62. The van der Waals surface area contributed by atoms with E-state index < -0.39 is 5.91 Å². The molecule has 0 spiro atoms. The van der Waals surface area contributed by atoms with Gasteiger partial charge in [0.2, 0.25) is 11.8 Å². The molecule has 1 aromatic carbocycles. The zero-order valence-electron chi connectivity index (χ0n) is 12.9. The Bertz CT molecular complexity index is 588. The van der Waals surface area contributed by atoms with Crippen LogP contribution in [0.4, 0.5) is 5.69 Å². The first kappa shape index (κ1) is 15.0. The molecule has 22 heavy (non-hydrogen) atoms. The van der Waals surface area contributed by atoms with Gasteiger partial charge in [0, 0.05) is 29.8 Å². The van der Waals surface area contributed by atoms with Gasteiger partial charge in [-0.1, -0.05) is 0 Å². The molecule has 2 bridgehead atoms. The van der Waals surface area contributed by atoms with Gasteiger partial charge in [-0.3, -0.25) is 9.59 Å². The minimum atomic E-state index is -0.444. The number of nitrogens with two attached hydrogens (primary N) is 1. The number of benzene rings is 1. The number of amides is 2. The number of piperidine rings is 1. The molecule has 0 radical (unpaired) electrons. The van der Waals surface area contributed by atoms with Gasteiger partial charge in [-0.25, -0.2) is 0 Å². The van der Waals surface area contributed by atoms with Crippen LogP contribution in [0.1, 0.15) is 48.0 Å². The molecule has 2 unspecified atom stereocenters. The second-order valence-electron chi connectivity index (χ2n) is 6.62. The Hall–Kier alpha value is -1.88. The number of nitrogens with one attached hydrogen (secondary N) is 2. The predicted octanol–water partition coefficient (Wildman–Crippen LogP) is 1.95. The molecule has 2 saturated heterocycles. The molecule has 5 nitrogen and oxygen atoms in total. The van der Waals surface area contributed by atoms with E-state index in [1.54, 1.807) is 18.2 Å². The maximum absolute atomic E-state index is 12.2. The fraction of sp³-hybridized carbons (Fsp3) is 0.529. The van der Waals surface area contributed by atoms with E-state index in [0.717, 1.165) is 24.1 Å². The summed E-state index contributed by atoms with van der Waals surface area (Å²) in [6, 6.07) is 6.40. The summed E-state index contributed by atoms with van der Waals surface area (Å²) in [6.45, 7) is 1.82. The van der Waals surface area contributed by atoms with Crippen LogP contribution < -0.4 is 16.4 Å². The van der Waals surface area contributed by atoms with Crippen molar-refractivity contribution in [2.75, 3.05) is 5.32 Å². The van der Waals surface area contributed by atoms with Gasteiger partial charge < -0.3 is 16.4 Å². The summed E-state index contributed by atoms with van der Waals surface area (Å²) < 4.78 is 0. The lowest BCUT2D eigenvalue weighted by molar-refractivity contribution is -0.117. The first-order valence-corrected chi connectivity index (χ1v) is 7.97. The van der Waals surface area contributed by atoms with Crippen molar-refractivity contribution < 1.29 is 9.59 Å². The molecule has 2 aliphatic rings. The van der Waals surface area contributed by atoms with Gasteiger partial charge in [0.25, 0.3) is 0 Å². The molecule has 2 aliphatic heterocycles. The Morgan fingerprint density at radius 2 is 1.95 bits per heavy atom. The Morgan fingerprint density at radius 1 is 1.27 bits per heavy atom.